The van der Waals surface area contributed by atoms with E-state index in [0.29, 0.717) is 24.5 Å². The van der Waals surface area contributed by atoms with Crippen LogP contribution in [0.2, 0.25) is 0 Å². The SMILES string of the molecule is COc1cc(Br)cnc1N1CC(N)CC1=O. The van der Waals surface area contributed by atoms with E-state index in [9.17, 15) is 4.79 Å². The van der Waals surface area contributed by atoms with E-state index in [4.69, 9.17) is 10.5 Å². The molecular weight excluding hydrogens is 274 g/mol. The molecule has 0 bridgehead atoms. The van der Waals surface area contributed by atoms with E-state index in [0.717, 1.165) is 4.47 Å². The van der Waals surface area contributed by atoms with E-state index in [2.05, 4.69) is 20.9 Å². The fraction of sp³-hybridized carbons (Fsp3) is 0.400. The molecule has 86 valence electrons. The number of carbonyl (C=O) groups is 1. The van der Waals surface area contributed by atoms with Crippen molar-refractivity contribution < 1.29 is 9.53 Å². The number of pyridine rings is 1. The predicted molar refractivity (Wildman–Crippen MR) is 63.4 cm³/mol. The standard InChI is InChI=1S/C10H12BrN3O2/c1-16-8-2-6(11)4-13-10(8)14-5-7(12)3-9(14)15/h2,4,7H,3,5,12H2,1H3. The highest BCUT2D eigenvalue weighted by Gasteiger charge is 2.30. The lowest BCUT2D eigenvalue weighted by atomic mass is 10.3. The fourth-order valence-corrected chi connectivity index (χ4v) is 2.02. The van der Waals surface area contributed by atoms with Gasteiger partial charge in [-0.25, -0.2) is 4.98 Å². The monoisotopic (exact) mass is 285 g/mol. The van der Waals surface area contributed by atoms with Crippen molar-refractivity contribution in [3.05, 3.63) is 16.7 Å². The molecule has 1 aliphatic rings. The molecule has 2 N–H and O–H groups in total. The number of nitrogens with two attached hydrogens (primary N) is 1. The molecular formula is C10H12BrN3O2. The smallest absolute Gasteiger partial charge is 0.229 e. The fourth-order valence-electron chi connectivity index (χ4n) is 1.71. The van der Waals surface area contributed by atoms with Crippen LogP contribution >= 0.6 is 15.9 Å². The van der Waals surface area contributed by atoms with Crippen molar-refractivity contribution in [2.45, 2.75) is 12.5 Å². The summed E-state index contributed by atoms with van der Waals surface area (Å²) in [5.74, 6) is 1.08. The molecule has 6 heteroatoms. The largest absolute Gasteiger partial charge is 0.493 e. The molecule has 16 heavy (non-hydrogen) atoms. The lowest BCUT2D eigenvalue weighted by Crippen LogP contribution is -2.29. The average molecular weight is 286 g/mol. The van der Waals surface area contributed by atoms with Gasteiger partial charge in [-0.15, -0.1) is 0 Å². The van der Waals surface area contributed by atoms with Crippen LogP contribution in [0.1, 0.15) is 6.42 Å². The third kappa shape index (κ3) is 2.03. The minimum Gasteiger partial charge on any atom is -0.493 e. The second-order valence-electron chi connectivity index (χ2n) is 3.65. The van der Waals surface area contributed by atoms with Gasteiger partial charge in [-0.3, -0.25) is 9.69 Å². The highest BCUT2D eigenvalue weighted by molar-refractivity contribution is 9.10. The van der Waals surface area contributed by atoms with E-state index in [1.807, 2.05) is 0 Å². The molecule has 0 saturated carbocycles. The highest BCUT2D eigenvalue weighted by atomic mass is 79.9. The topological polar surface area (TPSA) is 68.4 Å². The van der Waals surface area contributed by atoms with Gasteiger partial charge in [0, 0.05) is 29.7 Å². The van der Waals surface area contributed by atoms with Crippen LogP contribution in [0.3, 0.4) is 0 Å². The Morgan fingerprint density at radius 3 is 3.00 bits per heavy atom. The first-order valence-electron chi connectivity index (χ1n) is 4.87. The number of amides is 1. The predicted octanol–water partition coefficient (Wildman–Crippen LogP) is 0.917. The number of rotatable bonds is 2. The third-order valence-electron chi connectivity index (χ3n) is 2.43. The Morgan fingerprint density at radius 1 is 1.69 bits per heavy atom. The summed E-state index contributed by atoms with van der Waals surface area (Å²) in [5, 5.41) is 0. The lowest BCUT2D eigenvalue weighted by Gasteiger charge is -2.17. The van der Waals surface area contributed by atoms with Crippen molar-refractivity contribution >= 4 is 27.7 Å². The second kappa shape index (κ2) is 4.39. The van der Waals surface area contributed by atoms with Gasteiger partial charge in [0.1, 0.15) is 0 Å². The number of hydrogen-bond donors (Lipinski definition) is 1. The zero-order valence-electron chi connectivity index (χ0n) is 8.81. The van der Waals surface area contributed by atoms with Crippen molar-refractivity contribution in [3.63, 3.8) is 0 Å². The molecule has 1 unspecified atom stereocenters. The highest BCUT2D eigenvalue weighted by Crippen LogP contribution is 2.30. The summed E-state index contributed by atoms with van der Waals surface area (Å²) in [6.45, 7) is 0.490. The number of methoxy groups -OCH3 is 1. The van der Waals surface area contributed by atoms with E-state index in [1.54, 1.807) is 24.3 Å². The Morgan fingerprint density at radius 2 is 2.44 bits per heavy atom. The van der Waals surface area contributed by atoms with E-state index in [1.165, 1.54) is 0 Å². The molecule has 1 aromatic rings. The van der Waals surface area contributed by atoms with Crippen LogP contribution in [0.5, 0.6) is 5.75 Å². The third-order valence-corrected chi connectivity index (χ3v) is 2.86. The van der Waals surface area contributed by atoms with Gasteiger partial charge in [0.15, 0.2) is 11.6 Å². The van der Waals surface area contributed by atoms with Gasteiger partial charge in [0.25, 0.3) is 0 Å². The Hall–Kier alpha value is -1.14. The summed E-state index contributed by atoms with van der Waals surface area (Å²) in [5.41, 5.74) is 5.73. The summed E-state index contributed by atoms with van der Waals surface area (Å²) in [6, 6.07) is 1.65. The number of hydrogen-bond acceptors (Lipinski definition) is 4. The van der Waals surface area contributed by atoms with Gasteiger partial charge in [0.05, 0.1) is 7.11 Å². The normalized spacial score (nSPS) is 20.3. The number of aromatic nitrogens is 1. The van der Waals surface area contributed by atoms with Crippen LogP contribution in [0, 0.1) is 0 Å². The first-order chi connectivity index (χ1) is 7.61. The molecule has 1 atom stereocenters. The first kappa shape index (κ1) is 11.3. The van der Waals surface area contributed by atoms with E-state index in [-0.39, 0.29) is 11.9 Å². The second-order valence-corrected chi connectivity index (χ2v) is 4.56. The lowest BCUT2D eigenvalue weighted by molar-refractivity contribution is -0.117. The maximum Gasteiger partial charge on any atom is 0.229 e. The minimum atomic E-state index is -0.123. The number of halogens is 1. The van der Waals surface area contributed by atoms with Crippen molar-refractivity contribution in [2.75, 3.05) is 18.6 Å². The van der Waals surface area contributed by atoms with E-state index >= 15 is 0 Å². The summed E-state index contributed by atoms with van der Waals surface area (Å²) in [4.78, 5) is 17.4. The number of ether oxygens (including phenoxy) is 1. The Balaban J connectivity index is 2.36. The molecule has 0 aliphatic carbocycles. The van der Waals surface area contributed by atoms with E-state index < -0.39 is 0 Å². The van der Waals surface area contributed by atoms with Gasteiger partial charge in [-0.1, -0.05) is 0 Å². The summed E-state index contributed by atoms with van der Waals surface area (Å²) >= 11 is 3.30. The summed E-state index contributed by atoms with van der Waals surface area (Å²) < 4.78 is 6.00. The Kier molecular flexibility index (Phi) is 3.11. The van der Waals surface area contributed by atoms with Gasteiger partial charge in [-0.2, -0.15) is 0 Å². The van der Waals surface area contributed by atoms with Crippen LogP contribution < -0.4 is 15.4 Å². The van der Waals surface area contributed by atoms with Crippen LogP contribution in [0.15, 0.2) is 16.7 Å². The molecule has 1 saturated heterocycles. The van der Waals surface area contributed by atoms with Crippen molar-refractivity contribution in [2.24, 2.45) is 5.73 Å². The van der Waals surface area contributed by atoms with Crippen LogP contribution in [0.25, 0.3) is 0 Å². The molecule has 1 aliphatic heterocycles. The van der Waals surface area contributed by atoms with Crippen molar-refractivity contribution in [1.82, 2.24) is 4.98 Å². The maximum atomic E-state index is 11.7. The van der Waals surface area contributed by atoms with Gasteiger partial charge < -0.3 is 10.5 Å². The number of nitrogens with zero attached hydrogens (tertiary/aromatic N) is 2. The van der Waals surface area contributed by atoms with Gasteiger partial charge in [-0.05, 0) is 22.0 Å². The number of anilines is 1. The first-order valence-corrected chi connectivity index (χ1v) is 5.66. The van der Waals surface area contributed by atoms with Gasteiger partial charge >= 0.3 is 0 Å². The molecule has 0 radical (unpaired) electrons. The minimum absolute atomic E-state index is 0.0133. The summed E-state index contributed by atoms with van der Waals surface area (Å²) in [6.07, 6.45) is 2.00. The molecule has 1 amide bonds. The molecule has 0 spiro atoms. The molecule has 1 aromatic heterocycles. The van der Waals surface area contributed by atoms with Crippen molar-refractivity contribution in [1.29, 1.82) is 0 Å². The quantitative estimate of drug-likeness (QED) is 0.877. The molecule has 5 nitrogen and oxygen atoms in total. The van der Waals surface area contributed by atoms with Crippen LogP contribution in [-0.4, -0.2) is 30.6 Å². The summed E-state index contributed by atoms with van der Waals surface area (Å²) in [7, 11) is 1.55. The van der Waals surface area contributed by atoms with Crippen molar-refractivity contribution in [3.8, 4) is 5.75 Å². The molecule has 2 heterocycles. The average Bonchev–Trinajstić information content (AvgIpc) is 2.57. The molecule has 1 fully saturated rings. The zero-order valence-corrected chi connectivity index (χ0v) is 10.4. The molecule has 0 aromatic carbocycles. The number of carbonyl (C=O) groups excluding carboxylic acids is 1. The Bertz CT molecular complexity index is 425. The van der Waals surface area contributed by atoms with Gasteiger partial charge in [0.2, 0.25) is 5.91 Å². The molecule has 2 rings (SSSR count). The zero-order chi connectivity index (χ0) is 11.7. The maximum absolute atomic E-state index is 11.7. The van der Waals surface area contributed by atoms with Crippen LogP contribution in [0.4, 0.5) is 5.82 Å². The van der Waals surface area contributed by atoms with Crippen LogP contribution in [-0.2, 0) is 4.79 Å². The Labute approximate surface area is 102 Å².